The van der Waals surface area contributed by atoms with E-state index in [0.29, 0.717) is 5.75 Å². The highest BCUT2D eigenvalue weighted by molar-refractivity contribution is 5.99. The number of halogens is 1. The third-order valence-corrected chi connectivity index (χ3v) is 2.93. The van der Waals surface area contributed by atoms with Gasteiger partial charge < -0.3 is 15.8 Å². The molecule has 0 saturated heterocycles. The third kappa shape index (κ3) is 2.88. The maximum atomic E-state index is 13.3. The molecule has 2 rings (SSSR count). The summed E-state index contributed by atoms with van der Waals surface area (Å²) >= 11 is 0. The molecule has 0 heterocycles. The largest absolute Gasteiger partial charge is 0.496 e. The first kappa shape index (κ1) is 13.9. The Morgan fingerprint density at radius 3 is 2.75 bits per heavy atom. The molecule has 0 aliphatic heterocycles. The molecule has 0 bridgehead atoms. The van der Waals surface area contributed by atoms with E-state index in [9.17, 15) is 9.18 Å². The van der Waals surface area contributed by atoms with Crippen molar-refractivity contribution in [3.05, 3.63) is 59.4 Å². The standard InChI is InChI=1S/C15H15FN2O2/c1-20-13-8-3-2-5-10(13)9-18-15(19)11-6-4-7-12(16)14(11)17/h2-8H,9,17H2,1H3,(H,18,19). The zero-order chi connectivity index (χ0) is 14.5. The fourth-order valence-electron chi connectivity index (χ4n) is 1.85. The van der Waals surface area contributed by atoms with Crippen LogP contribution in [0.15, 0.2) is 42.5 Å². The zero-order valence-electron chi connectivity index (χ0n) is 11.0. The number of hydrogen-bond donors (Lipinski definition) is 2. The van der Waals surface area contributed by atoms with Gasteiger partial charge in [0.15, 0.2) is 0 Å². The Hall–Kier alpha value is -2.56. The van der Waals surface area contributed by atoms with Crippen molar-refractivity contribution in [2.24, 2.45) is 0 Å². The number of carbonyl (C=O) groups is 1. The number of nitrogens with one attached hydrogen (secondary N) is 1. The second-order valence-corrected chi connectivity index (χ2v) is 4.20. The number of anilines is 1. The first-order valence-corrected chi connectivity index (χ1v) is 6.07. The molecule has 2 aromatic carbocycles. The van der Waals surface area contributed by atoms with Crippen molar-refractivity contribution < 1.29 is 13.9 Å². The Morgan fingerprint density at radius 2 is 2.00 bits per heavy atom. The van der Waals surface area contributed by atoms with Crippen LogP contribution in [0.25, 0.3) is 0 Å². The fraction of sp³-hybridized carbons (Fsp3) is 0.133. The van der Waals surface area contributed by atoms with Crippen LogP contribution in [-0.4, -0.2) is 13.0 Å². The molecule has 0 unspecified atom stereocenters. The second kappa shape index (κ2) is 6.06. The summed E-state index contributed by atoms with van der Waals surface area (Å²) < 4.78 is 18.5. The molecule has 104 valence electrons. The number of amides is 1. The Kier molecular flexibility index (Phi) is 4.20. The van der Waals surface area contributed by atoms with Crippen LogP contribution in [-0.2, 0) is 6.54 Å². The van der Waals surface area contributed by atoms with E-state index in [4.69, 9.17) is 10.5 Å². The van der Waals surface area contributed by atoms with Crippen molar-refractivity contribution in [3.63, 3.8) is 0 Å². The minimum atomic E-state index is -0.602. The molecule has 0 aromatic heterocycles. The smallest absolute Gasteiger partial charge is 0.253 e. The van der Waals surface area contributed by atoms with Gasteiger partial charge in [-0.25, -0.2) is 4.39 Å². The van der Waals surface area contributed by atoms with Crippen LogP contribution in [0.2, 0.25) is 0 Å². The normalized spacial score (nSPS) is 10.1. The van der Waals surface area contributed by atoms with Gasteiger partial charge in [0.05, 0.1) is 18.4 Å². The quantitative estimate of drug-likeness (QED) is 0.841. The van der Waals surface area contributed by atoms with Crippen LogP contribution in [0, 0.1) is 5.82 Å². The Labute approximate surface area is 116 Å². The van der Waals surface area contributed by atoms with Gasteiger partial charge in [0.25, 0.3) is 5.91 Å². The molecule has 0 spiro atoms. The summed E-state index contributed by atoms with van der Waals surface area (Å²) in [5, 5.41) is 2.69. The zero-order valence-corrected chi connectivity index (χ0v) is 11.0. The number of ether oxygens (including phenoxy) is 1. The van der Waals surface area contributed by atoms with Gasteiger partial charge in [0, 0.05) is 12.1 Å². The monoisotopic (exact) mass is 274 g/mol. The predicted octanol–water partition coefficient (Wildman–Crippen LogP) is 2.35. The molecule has 20 heavy (non-hydrogen) atoms. The number of methoxy groups -OCH3 is 1. The first-order valence-electron chi connectivity index (χ1n) is 6.07. The van der Waals surface area contributed by atoms with Crippen molar-refractivity contribution >= 4 is 11.6 Å². The van der Waals surface area contributed by atoms with Gasteiger partial charge in [-0.15, -0.1) is 0 Å². The molecule has 4 nitrogen and oxygen atoms in total. The molecule has 0 fully saturated rings. The number of hydrogen-bond acceptors (Lipinski definition) is 3. The van der Waals surface area contributed by atoms with Crippen LogP contribution in [0.3, 0.4) is 0 Å². The van der Waals surface area contributed by atoms with Crippen molar-refractivity contribution in [2.75, 3.05) is 12.8 Å². The Bertz CT molecular complexity index is 629. The summed E-state index contributed by atoms with van der Waals surface area (Å²) in [5.74, 6) is -0.345. The van der Waals surface area contributed by atoms with Gasteiger partial charge in [-0.3, -0.25) is 4.79 Å². The molecule has 3 N–H and O–H groups in total. The van der Waals surface area contributed by atoms with Gasteiger partial charge >= 0.3 is 0 Å². The van der Waals surface area contributed by atoms with Crippen LogP contribution in [0.1, 0.15) is 15.9 Å². The highest BCUT2D eigenvalue weighted by Gasteiger charge is 2.12. The van der Waals surface area contributed by atoms with Crippen molar-refractivity contribution in [2.45, 2.75) is 6.54 Å². The van der Waals surface area contributed by atoms with E-state index in [2.05, 4.69) is 5.32 Å². The Morgan fingerprint density at radius 1 is 1.25 bits per heavy atom. The van der Waals surface area contributed by atoms with E-state index in [-0.39, 0.29) is 17.8 Å². The minimum Gasteiger partial charge on any atom is -0.496 e. The SMILES string of the molecule is COc1ccccc1CNC(=O)c1cccc(F)c1N. The van der Waals surface area contributed by atoms with Gasteiger partial charge in [-0.2, -0.15) is 0 Å². The van der Waals surface area contributed by atoms with Gasteiger partial charge in [-0.1, -0.05) is 24.3 Å². The lowest BCUT2D eigenvalue weighted by molar-refractivity contribution is 0.0951. The topological polar surface area (TPSA) is 64.3 Å². The lowest BCUT2D eigenvalue weighted by Crippen LogP contribution is -2.24. The van der Waals surface area contributed by atoms with Crippen molar-refractivity contribution in [1.29, 1.82) is 0 Å². The number of carbonyl (C=O) groups excluding carboxylic acids is 1. The summed E-state index contributed by atoms with van der Waals surface area (Å²) in [5.41, 5.74) is 6.36. The highest BCUT2D eigenvalue weighted by atomic mass is 19.1. The fourth-order valence-corrected chi connectivity index (χ4v) is 1.85. The van der Waals surface area contributed by atoms with Crippen LogP contribution < -0.4 is 15.8 Å². The number of nitrogens with two attached hydrogens (primary N) is 1. The average Bonchev–Trinajstić information content (AvgIpc) is 2.48. The maximum Gasteiger partial charge on any atom is 0.253 e. The van der Waals surface area contributed by atoms with Crippen LogP contribution >= 0.6 is 0 Å². The van der Waals surface area contributed by atoms with Crippen molar-refractivity contribution in [3.8, 4) is 5.75 Å². The van der Waals surface area contributed by atoms with E-state index in [0.717, 1.165) is 5.56 Å². The van der Waals surface area contributed by atoms with Gasteiger partial charge in [-0.05, 0) is 18.2 Å². The summed E-state index contributed by atoms with van der Waals surface area (Å²) in [7, 11) is 1.56. The van der Waals surface area contributed by atoms with E-state index in [1.807, 2.05) is 18.2 Å². The molecule has 0 saturated carbocycles. The highest BCUT2D eigenvalue weighted by Crippen LogP contribution is 2.18. The molecular weight excluding hydrogens is 259 g/mol. The number of rotatable bonds is 4. The van der Waals surface area contributed by atoms with E-state index < -0.39 is 11.7 Å². The van der Waals surface area contributed by atoms with Crippen molar-refractivity contribution in [1.82, 2.24) is 5.32 Å². The summed E-state index contributed by atoms with van der Waals surface area (Å²) in [6.07, 6.45) is 0. The lowest BCUT2D eigenvalue weighted by Gasteiger charge is -2.10. The predicted molar refractivity (Wildman–Crippen MR) is 75.0 cm³/mol. The molecule has 5 heteroatoms. The molecule has 0 aliphatic rings. The first-order chi connectivity index (χ1) is 9.63. The van der Waals surface area contributed by atoms with E-state index in [1.54, 1.807) is 13.2 Å². The lowest BCUT2D eigenvalue weighted by atomic mass is 10.1. The summed E-state index contributed by atoms with van der Waals surface area (Å²) in [6.45, 7) is 0.277. The third-order valence-electron chi connectivity index (χ3n) is 2.93. The maximum absolute atomic E-state index is 13.3. The Balaban J connectivity index is 2.11. The summed E-state index contributed by atoms with van der Waals surface area (Å²) in [6, 6.07) is 11.5. The molecule has 2 aromatic rings. The van der Waals surface area contributed by atoms with Gasteiger partial charge in [0.1, 0.15) is 11.6 Å². The molecule has 0 atom stereocenters. The molecule has 0 radical (unpaired) electrons. The van der Waals surface area contributed by atoms with Crippen LogP contribution in [0.5, 0.6) is 5.75 Å². The minimum absolute atomic E-state index is 0.125. The van der Waals surface area contributed by atoms with E-state index >= 15 is 0 Å². The second-order valence-electron chi connectivity index (χ2n) is 4.20. The molecular formula is C15H15FN2O2. The molecule has 1 amide bonds. The summed E-state index contributed by atoms with van der Waals surface area (Å²) in [4.78, 5) is 12.0. The van der Waals surface area contributed by atoms with E-state index in [1.165, 1.54) is 18.2 Å². The number of benzene rings is 2. The average molecular weight is 274 g/mol. The number of nitrogen functional groups attached to an aromatic ring is 1. The van der Waals surface area contributed by atoms with Gasteiger partial charge in [0.2, 0.25) is 0 Å². The molecule has 0 aliphatic carbocycles. The van der Waals surface area contributed by atoms with Crippen LogP contribution in [0.4, 0.5) is 10.1 Å². The number of para-hydroxylation sites is 2.